The van der Waals surface area contributed by atoms with Gasteiger partial charge in [-0.25, -0.2) is 0 Å². The maximum atomic E-state index is 11.7. The molecule has 1 amide bonds. The highest BCUT2D eigenvalue weighted by Gasteiger charge is 2.14. The Morgan fingerprint density at radius 2 is 2.43 bits per heavy atom. The average molecular weight is 212 g/mol. The van der Waals surface area contributed by atoms with E-state index in [1.165, 1.54) is 0 Å². The molecule has 4 heteroatoms. The summed E-state index contributed by atoms with van der Waals surface area (Å²) in [5, 5.41) is 1.98. The summed E-state index contributed by atoms with van der Waals surface area (Å²) in [5.41, 5.74) is 5.49. The van der Waals surface area contributed by atoms with Crippen LogP contribution in [0, 0.1) is 0 Å². The van der Waals surface area contributed by atoms with Crippen molar-refractivity contribution in [1.29, 1.82) is 0 Å². The second-order valence-electron chi connectivity index (χ2n) is 3.35. The van der Waals surface area contributed by atoms with E-state index in [1.54, 1.807) is 23.3 Å². The molecule has 78 valence electrons. The van der Waals surface area contributed by atoms with Gasteiger partial charge in [0, 0.05) is 24.5 Å². The Morgan fingerprint density at radius 1 is 1.71 bits per heavy atom. The first kappa shape index (κ1) is 11.2. The lowest BCUT2D eigenvalue weighted by molar-refractivity contribution is -0.130. The zero-order valence-electron chi connectivity index (χ0n) is 8.56. The highest BCUT2D eigenvalue weighted by atomic mass is 32.1. The van der Waals surface area contributed by atoms with E-state index in [1.807, 2.05) is 24.4 Å². The molecule has 0 saturated heterocycles. The SMILES string of the molecule is CC(CN)N(C)C(=O)Cc1cccs1. The van der Waals surface area contributed by atoms with E-state index in [2.05, 4.69) is 0 Å². The molecule has 0 fully saturated rings. The number of carbonyl (C=O) groups excluding carboxylic acids is 1. The van der Waals surface area contributed by atoms with Gasteiger partial charge in [-0.1, -0.05) is 6.07 Å². The molecule has 0 bridgehead atoms. The summed E-state index contributed by atoms with van der Waals surface area (Å²) in [4.78, 5) is 14.5. The van der Waals surface area contributed by atoms with E-state index in [4.69, 9.17) is 5.73 Å². The smallest absolute Gasteiger partial charge is 0.227 e. The maximum absolute atomic E-state index is 11.7. The molecular weight excluding hydrogens is 196 g/mol. The number of thiophene rings is 1. The van der Waals surface area contributed by atoms with Crippen LogP contribution in [-0.4, -0.2) is 30.4 Å². The van der Waals surface area contributed by atoms with Crippen molar-refractivity contribution in [2.24, 2.45) is 5.73 Å². The first-order valence-corrected chi connectivity index (χ1v) is 5.51. The topological polar surface area (TPSA) is 46.3 Å². The van der Waals surface area contributed by atoms with Crippen molar-refractivity contribution in [2.75, 3.05) is 13.6 Å². The van der Waals surface area contributed by atoms with Crippen LogP contribution in [0.1, 0.15) is 11.8 Å². The molecule has 0 aliphatic rings. The highest BCUT2D eigenvalue weighted by Crippen LogP contribution is 2.10. The van der Waals surface area contributed by atoms with Crippen molar-refractivity contribution in [1.82, 2.24) is 4.90 Å². The average Bonchev–Trinajstić information content (AvgIpc) is 2.68. The summed E-state index contributed by atoms with van der Waals surface area (Å²) in [7, 11) is 1.80. The first-order valence-electron chi connectivity index (χ1n) is 4.63. The molecule has 0 saturated carbocycles. The van der Waals surface area contributed by atoms with Crippen LogP contribution in [-0.2, 0) is 11.2 Å². The molecule has 2 N–H and O–H groups in total. The summed E-state index contributed by atoms with van der Waals surface area (Å²) in [6.07, 6.45) is 0.485. The standard InChI is InChI=1S/C10H16N2OS/c1-8(7-11)12(2)10(13)6-9-4-3-5-14-9/h3-5,8H,6-7,11H2,1-2H3. The molecule has 0 aliphatic carbocycles. The van der Waals surface area contributed by atoms with Crippen LogP contribution in [0.4, 0.5) is 0 Å². The van der Waals surface area contributed by atoms with Gasteiger partial charge in [0.15, 0.2) is 0 Å². The zero-order chi connectivity index (χ0) is 10.6. The lowest BCUT2D eigenvalue weighted by atomic mass is 10.2. The van der Waals surface area contributed by atoms with Crippen LogP contribution in [0.25, 0.3) is 0 Å². The molecule has 1 rings (SSSR count). The second-order valence-corrected chi connectivity index (χ2v) is 4.38. The van der Waals surface area contributed by atoms with Crippen molar-refractivity contribution < 1.29 is 4.79 Å². The van der Waals surface area contributed by atoms with Gasteiger partial charge in [-0.15, -0.1) is 11.3 Å². The third-order valence-electron chi connectivity index (χ3n) is 2.30. The third-order valence-corrected chi connectivity index (χ3v) is 3.18. The number of amides is 1. The number of hydrogen-bond acceptors (Lipinski definition) is 3. The summed E-state index contributed by atoms with van der Waals surface area (Å²) in [6, 6.07) is 4.05. The number of hydrogen-bond donors (Lipinski definition) is 1. The van der Waals surface area contributed by atoms with Crippen LogP contribution < -0.4 is 5.73 Å². The number of likely N-dealkylation sites (N-methyl/N-ethyl adjacent to an activating group) is 1. The molecular formula is C10H16N2OS. The fourth-order valence-electron chi connectivity index (χ4n) is 1.09. The van der Waals surface area contributed by atoms with Gasteiger partial charge in [0.25, 0.3) is 0 Å². The number of rotatable bonds is 4. The van der Waals surface area contributed by atoms with Gasteiger partial charge in [0.1, 0.15) is 0 Å². The van der Waals surface area contributed by atoms with E-state index in [9.17, 15) is 4.79 Å². The van der Waals surface area contributed by atoms with E-state index < -0.39 is 0 Å². The maximum Gasteiger partial charge on any atom is 0.227 e. The van der Waals surface area contributed by atoms with Crippen LogP contribution in [0.2, 0.25) is 0 Å². The molecule has 1 aromatic heterocycles. The van der Waals surface area contributed by atoms with Gasteiger partial charge < -0.3 is 10.6 Å². The highest BCUT2D eigenvalue weighted by molar-refractivity contribution is 7.10. The lowest BCUT2D eigenvalue weighted by Gasteiger charge is -2.23. The Hall–Kier alpha value is -0.870. The van der Waals surface area contributed by atoms with Gasteiger partial charge in [0.05, 0.1) is 6.42 Å². The van der Waals surface area contributed by atoms with Gasteiger partial charge >= 0.3 is 0 Å². The van der Waals surface area contributed by atoms with Crippen molar-refractivity contribution in [3.05, 3.63) is 22.4 Å². The predicted octanol–water partition coefficient (Wildman–Crippen LogP) is 1.10. The molecule has 1 unspecified atom stereocenters. The molecule has 1 aromatic rings. The molecule has 14 heavy (non-hydrogen) atoms. The Balaban J connectivity index is 2.50. The Bertz CT molecular complexity index is 284. The molecule has 1 atom stereocenters. The Morgan fingerprint density at radius 3 is 2.93 bits per heavy atom. The quantitative estimate of drug-likeness (QED) is 0.812. The molecule has 3 nitrogen and oxygen atoms in total. The minimum absolute atomic E-state index is 0.113. The predicted molar refractivity (Wildman–Crippen MR) is 59.3 cm³/mol. The zero-order valence-corrected chi connectivity index (χ0v) is 9.38. The minimum atomic E-state index is 0.113. The molecule has 1 heterocycles. The third kappa shape index (κ3) is 2.82. The number of nitrogens with two attached hydrogens (primary N) is 1. The fraction of sp³-hybridized carbons (Fsp3) is 0.500. The number of nitrogens with zero attached hydrogens (tertiary/aromatic N) is 1. The minimum Gasteiger partial charge on any atom is -0.341 e. The van der Waals surface area contributed by atoms with Gasteiger partial charge in [-0.2, -0.15) is 0 Å². The van der Waals surface area contributed by atoms with E-state index >= 15 is 0 Å². The second kappa shape index (κ2) is 5.12. The summed E-state index contributed by atoms with van der Waals surface area (Å²) in [6.45, 7) is 2.46. The van der Waals surface area contributed by atoms with Crippen molar-refractivity contribution in [2.45, 2.75) is 19.4 Å². The van der Waals surface area contributed by atoms with Crippen molar-refractivity contribution in [3.8, 4) is 0 Å². The van der Waals surface area contributed by atoms with Crippen LogP contribution in [0.3, 0.4) is 0 Å². The Kier molecular flexibility index (Phi) is 4.10. The normalized spacial score (nSPS) is 12.5. The molecule has 0 spiro atoms. The molecule has 0 radical (unpaired) electrons. The van der Waals surface area contributed by atoms with Gasteiger partial charge in [-0.3, -0.25) is 4.79 Å². The number of carbonyl (C=O) groups is 1. The van der Waals surface area contributed by atoms with Crippen LogP contribution >= 0.6 is 11.3 Å². The molecule has 0 aromatic carbocycles. The van der Waals surface area contributed by atoms with E-state index in [0.29, 0.717) is 13.0 Å². The summed E-state index contributed by atoms with van der Waals surface area (Å²) in [5.74, 6) is 0.130. The molecule has 0 aliphatic heterocycles. The van der Waals surface area contributed by atoms with E-state index in [-0.39, 0.29) is 11.9 Å². The van der Waals surface area contributed by atoms with Crippen LogP contribution in [0.5, 0.6) is 0 Å². The monoisotopic (exact) mass is 212 g/mol. The van der Waals surface area contributed by atoms with Gasteiger partial charge in [0.2, 0.25) is 5.91 Å². The van der Waals surface area contributed by atoms with Crippen LogP contribution in [0.15, 0.2) is 17.5 Å². The van der Waals surface area contributed by atoms with Crippen molar-refractivity contribution >= 4 is 17.2 Å². The lowest BCUT2D eigenvalue weighted by Crippen LogP contribution is -2.40. The van der Waals surface area contributed by atoms with Gasteiger partial charge in [-0.05, 0) is 18.4 Å². The summed E-state index contributed by atoms with van der Waals surface area (Å²) >= 11 is 1.61. The summed E-state index contributed by atoms with van der Waals surface area (Å²) < 4.78 is 0. The largest absolute Gasteiger partial charge is 0.341 e. The van der Waals surface area contributed by atoms with Crippen molar-refractivity contribution in [3.63, 3.8) is 0 Å². The fourth-order valence-corrected chi connectivity index (χ4v) is 1.79. The first-order chi connectivity index (χ1) is 6.65. The van der Waals surface area contributed by atoms with E-state index in [0.717, 1.165) is 4.88 Å². The Labute approximate surface area is 88.5 Å².